The zero-order valence-corrected chi connectivity index (χ0v) is 20.2. The van der Waals surface area contributed by atoms with Crippen LogP contribution in [0.1, 0.15) is 43.9 Å². The molecular weight excluding hydrogens is 468 g/mol. The molecule has 1 saturated heterocycles. The SMILES string of the molecule is CC(C)c1nn(-c2ccc(Cl)cc2)c([O-])c1C1=C([n+]2ccccc2)C(=O)N(CC2CCCO2)C1=O. The van der Waals surface area contributed by atoms with Gasteiger partial charge in [-0.2, -0.15) is 9.67 Å². The van der Waals surface area contributed by atoms with Crippen molar-refractivity contribution in [3.8, 4) is 11.6 Å². The Morgan fingerprint density at radius 3 is 2.49 bits per heavy atom. The van der Waals surface area contributed by atoms with Gasteiger partial charge in [0, 0.05) is 29.3 Å². The van der Waals surface area contributed by atoms with Gasteiger partial charge >= 0.3 is 5.91 Å². The molecule has 1 aromatic carbocycles. The number of halogens is 1. The summed E-state index contributed by atoms with van der Waals surface area (Å²) in [5.41, 5.74) is 1.33. The van der Waals surface area contributed by atoms with Crippen LogP contribution in [0, 0.1) is 0 Å². The van der Waals surface area contributed by atoms with Gasteiger partial charge in [0.1, 0.15) is 5.57 Å². The van der Waals surface area contributed by atoms with Gasteiger partial charge in [0.2, 0.25) is 0 Å². The molecule has 5 rings (SSSR count). The number of hydrogen-bond acceptors (Lipinski definition) is 5. The molecule has 0 saturated carbocycles. The van der Waals surface area contributed by atoms with Crippen molar-refractivity contribution in [2.24, 2.45) is 0 Å². The van der Waals surface area contributed by atoms with Gasteiger partial charge in [-0.05, 0) is 48.9 Å². The monoisotopic (exact) mass is 492 g/mol. The largest absolute Gasteiger partial charge is 0.858 e. The number of benzene rings is 1. The van der Waals surface area contributed by atoms with Crippen molar-refractivity contribution in [3.05, 3.63) is 71.1 Å². The zero-order valence-electron chi connectivity index (χ0n) is 19.5. The van der Waals surface area contributed by atoms with Gasteiger partial charge in [-0.1, -0.05) is 31.5 Å². The number of aromatic nitrogens is 3. The van der Waals surface area contributed by atoms with E-state index in [2.05, 4.69) is 5.10 Å². The Hall–Kier alpha value is -3.49. The van der Waals surface area contributed by atoms with Gasteiger partial charge in [0.15, 0.2) is 12.4 Å². The number of pyridine rings is 1. The number of ether oxygens (including phenoxy) is 1. The van der Waals surface area contributed by atoms with Gasteiger partial charge in [0.05, 0.1) is 24.0 Å². The van der Waals surface area contributed by atoms with Crippen LogP contribution in [0.2, 0.25) is 5.02 Å². The summed E-state index contributed by atoms with van der Waals surface area (Å²) in [6.07, 6.45) is 4.84. The van der Waals surface area contributed by atoms with Crippen LogP contribution in [0.4, 0.5) is 0 Å². The molecule has 2 amide bonds. The summed E-state index contributed by atoms with van der Waals surface area (Å²) in [5.74, 6) is -1.59. The van der Waals surface area contributed by atoms with E-state index in [1.807, 2.05) is 19.9 Å². The maximum absolute atomic E-state index is 13.8. The standard InChI is InChI=1S/C26H25ClN4O4/c1-16(2)22-20(25(33)31(28-22)18-10-8-17(27)9-11-18)21-23(29-12-4-3-5-13-29)26(34)30(24(21)32)15-19-7-6-14-35-19/h3-5,8-13,16,19H,6-7,14-15H2,1-2H3. The normalized spacial score (nSPS) is 18.4. The Kier molecular flexibility index (Phi) is 6.17. The van der Waals surface area contributed by atoms with E-state index in [1.54, 1.807) is 53.4 Å². The van der Waals surface area contributed by atoms with Crippen LogP contribution in [0.5, 0.6) is 5.88 Å². The quantitative estimate of drug-likeness (QED) is 0.390. The third-order valence-corrected chi connectivity index (χ3v) is 6.52. The molecule has 0 radical (unpaired) electrons. The fourth-order valence-electron chi connectivity index (χ4n) is 4.55. The summed E-state index contributed by atoms with van der Waals surface area (Å²) < 4.78 is 8.55. The van der Waals surface area contributed by atoms with E-state index < -0.39 is 17.7 Å². The third-order valence-electron chi connectivity index (χ3n) is 6.27. The fourth-order valence-corrected chi connectivity index (χ4v) is 4.67. The number of imide groups is 1. The van der Waals surface area contributed by atoms with E-state index in [4.69, 9.17) is 16.3 Å². The predicted octanol–water partition coefficient (Wildman–Crippen LogP) is 2.93. The van der Waals surface area contributed by atoms with E-state index in [0.717, 1.165) is 12.8 Å². The summed E-state index contributed by atoms with van der Waals surface area (Å²) in [7, 11) is 0. The van der Waals surface area contributed by atoms with Crippen LogP contribution in [-0.4, -0.2) is 45.8 Å². The number of amides is 2. The highest BCUT2D eigenvalue weighted by molar-refractivity contribution is 6.45. The van der Waals surface area contributed by atoms with Crippen molar-refractivity contribution >= 4 is 34.7 Å². The minimum atomic E-state index is -0.508. The van der Waals surface area contributed by atoms with Crippen LogP contribution >= 0.6 is 11.6 Å². The van der Waals surface area contributed by atoms with Crippen LogP contribution in [0.25, 0.3) is 17.0 Å². The molecule has 35 heavy (non-hydrogen) atoms. The molecule has 1 atom stereocenters. The van der Waals surface area contributed by atoms with Crippen molar-refractivity contribution in [1.82, 2.24) is 14.7 Å². The fraction of sp³-hybridized carbons (Fsp3) is 0.308. The first kappa shape index (κ1) is 23.3. The minimum absolute atomic E-state index is 0.0677. The summed E-state index contributed by atoms with van der Waals surface area (Å²) in [4.78, 5) is 28.6. The second-order valence-electron chi connectivity index (χ2n) is 8.97. The Bertz CT molecular complexity index is 1310. The maximum Gasteiger partial charge on any atom is 0.327 e. The van der Waals surface area contributed by atoms with Crippen molar-refractivity contribution in [3.63, 3.8) is 0 Å². The Morgan fingerprint density at radius 1 is 1.14 bits per heavy atom. The van der Waals surface area contributed by atoms with Crippen LogP contribution in [0.15, 0.2) is 54.9 Å². The van der Waals surface area contributed by atoms with Crippen molar-refractivity contribution in [1.29, 1.82) is 0 Å². The molecule has 2 aromatic heterocycles. The molecule has 1 unspecified atom stereocenters. The van der Waals surface area contributed by atoms with E-state index in [0.29, 0.717) is 23.0 Å². The van der Waals surface area contributed by atoms with Gasteiger partial charge in [0.25, 0.3) is 11.6 Å². The van der Waals surface area contributed by atoms with Gasteiger partial charge in [-0.3, -0.25) is 14.5 Å². The van der Waals surface area contributed by atoms with Gasteiger partial charge in [-0.25, -0.2) is 4.68 Å². The summed E-state index contributed by atoms with van der Waals surface area (Å²) in [6.45, 7) is 4.56. The van der Waals surface area contributed by atoms with Crippen molar-refractivity contribution in [2.75, 3.05) is 13.2 Å². The molecule has 180 valence electrons. The second-order valence-corrected chi connectivity index (χ2v) is 9.41. The highest BCUT2D eigenvalue weighted by Crippen LogP contribution is 2.39. The molecule has 0 spiro atoms. The average molecular weight is 493 g/mol. The van der Waals surface area contributed by atoms with Gasteiger partial charge < -0.3 is 9.84 Å². The topological polar surface area (TPSA) is 91.4 Å². The molecule has 4 heterocycles. The lowest BCUT2D eigenvalue weighted by molar-refractivity contribution is -0.576. The molecule has 3 aromatic rings. The molecule has 2 aliphatic rings. The number of rotatable bonds is 6. The lowest BCUT2D eigenvalue weighted by Gasteiger charge is -2.19. The Labute approximate surface area is 208 Å². The molecule has 9 heteroatoms. The molecule has 0 N–H and O–H groups in total. The first-order valence-electron chi connectivity index (χ1n) is 11.6. The second kappa shape index (κ2) is 9.28. The van der Waals surface area contributed by atoms with Crippen LogP contribution in [-0.2, 0) is 14.3 Å². The summed E-state index contributed by atoms with van der Waals surface area (Å²) in [5, 5.41) is 18.9. The Morgan fingerprint density at radius 2 is 1.86 bits per heavy atom. The average Bonchev–Trinajstić information content (AvgIpc) is 3.54. The zero-order chi connectivity index (χ0) is 24.7. The van der Waals surface area contributed by atoms with Crippen molar-refractivity contribution in [2.45, 2.75) is 38.7 Å². The third kappa shape index (κ3) is 4.13. The lowest BCUT2D eigenvalue weighted by atomic mass is 9.98. The first-order valence-corrected chi connectivity index (χ1v) is 12.0. The minimum Gasteiger partial charge on any atom is -0.858 e. The number of nitrogens with zero attached hydrogens (tertiary/aromatic N) is 4. The maximum atomic E-state index is 13.8. The molecular formula is C26H25ClN4O4. The highest BCUT2D eigenvalue weighted by Gasteiger charge is 2.47. The number of carbonyl (C=O) groups excluding carboxylic acids is 2. The van der Waals surface area contributed by atoms with E-state index in [-0.39, 0.29) is 35.4 Å². The van der Waals surface area contributed by atoms with E-state index >= 15 is 0 Å². The smallest absolute Gasteiger partial charge is 0.327 e. The molecule has 2 aliphatic heterocycles. The predicted molar refractivity (Wildman–Crippen MR) is 128 cm³/mol. The van der Waals surface area contributed by atoms with Gasteiger partial charge in [-0.15, -0.1) is 0 Å². The molecule has 1 fully saturated rings. The highest BCUT2D eigenvalue weighted by atomic mass is 35.5. The number of carbonyl (C=O) groups is 2. The van der Waals surface area contributed by atoms with Crippen LogP contribution in [0.3, 0.4) is 0 Å². The van der Waals surface area contributed by atoms with Crippen LogP contribution < -0.4 is 9.67 Å². The molecule has 0 aliphatic carbocycles. The van der Waals surface area contributed by atoms with E-state index in [9.17, 15) is 14.7 Å². The number of hydrogen-bond donors (Lipinski definition) is 0. The molecule has 8 nitrogen and oxygen atoms in total. The first-order chi connectivity index (χ1) is 16.9. The molecule has 0 bridgehead atoms. The summed E-state index contributed by atoms with van der Waals surface area (Å²) >= 11 is 6.02. The van der Waals surface area contributed by atoms with Crippen molar-refractivity contribution < 1.29 is 24.0 Å². The Balaban J connectivity index is 1.70. The summed E-state index contributed by atoms with van der Waals surface area (Å²) in [6, 6.07) is 12.1. The van der Waals surface area contributed by atoms with E-state index in [1.165, 1.54) is 9.58 Å². The lowest BCUT2D eigenvalue weighted by Crippen LogP contribution is -2.42.